The summed E-state index contributed by atoms with van der Waals surface area (Å²) in [5.41, 5.74) is 4.81. The first-order chi connectivity index (χ1) is 6.91. The van der Waals surface area contributed by atoms with Crippen LogP contribution in [0.2, 0.25) is 0 Å². The molecule has 0 aromatic rings. The molecule has 0 radical (unpaired) electrons. The molecule has 3 amide bonds. The van der Waals surface area contributed by atoms with Crippen LogP contribution in [0.5, 0.6) is 0 Å². The number of hydrogen-bond acceptors (Lipinski definition) is 3. The Morgan fingerprint density at radius 1 is 1.40 bits per heavy atom. The van der Waals surface area contributed by atoms with Crippen molar-refractivity contribution in [3.63, 3.8) is 0 Å². The summed E-state index contributed by atoms with van der Waals surface area (Å²) in [6.45, 7) is 1.43. The summed E-state index contributed by atoms with van der Waals surface area (Å²) in [6.07, 6.45) is 0.316. The van der Waals surface area contributed by atoms with E-state index in [0.29, 0.717) is 6.42 Å². The maximum Gasteiger partial charge on any atom is 0.315 e. The third-order valence-corrected chi connectivity index (χ3v) is 1.59. The quantitative estimate of drug-likeness (QED) is 0.457. The molecule has 7 nitrogen and oxygen atoms in total. The molecule has 0 aromatic carbocycles. The lowest BCUT2D eigenvalue weighted by atomic mass is 10.2. The topological polar surface area (TPSA) is 122 Å². The highest BCUT2D eigenvalue weighted by Crippen LogP contribution is 1.95. The first-order valence-electron chi connectivity index (χ1n) is 4.46. The predicted octanol–water partition coefficient (Wildman–Crippen LogP) is -0.976. The molecule has 0 saturated carbocycles. The van der Waals surface area contributed by atoms with Gasteiger partial charge in [-0.25, -0.2) is 4.79 Å². The number of carbonyl (C=O) groups excluding carboxylic acids is 2. The van der Waals surface area contributed by atoms with Crippen molar-refractivity contribution in [1.82, 2.24) is 10.6 Å². The fourth-order valence-electron chi connectivity index (χ4n) is 0.854. The first kappa shape index (κ1) is 13.2. The number of hydrogen-bond donors (Lipinski definition) is 4. The number of nitrogens with two attached hydrogens (primary N) is 1. The molecule has 5 N–H and O–H groups in total. The average molecular weight is 217 g/mol. The number of urea groups is 1. The summed E-state index contributed by atoms with van der Waals surface area (Å²) < 4.78 is 0. The fraction of sp³-hybridized carbons (Fsp3) is 0.625. The molecule has 1 atom stereocenters. The SMILES string of the molecule is CC(CCC(=O)O)NC(=O)NCC(N)=O. The Balaban J connectivity index is 3.66. The molecule has 86 valence electrons. The number of carbonyl (C=O) groups is 3. The van der Waals surface area contributed by atoms with Gasteiger partial charge in [0, 0.05) is 12.5 Å². The molecule has 7 heteroatoms. The van der Waals surface area contributed by atoms with Gasteiger partial charge < -0.3 is 21.5 Å². The average Bonchev–Trinajstić information content (AvgIpc) is 2.11. The van der Waals surface area contributed by atoms with Gasteiger partial charge in [-0.2, -0.15) is 0 Å². The number of rotatable bonds is 6. The van der Waals surface area contributed by atoms with E-state index >= 15 is 0 Å². The van der Waals surface area contributed by atoms with Crippen LogP contribution < -0.4 is 16.4 Å². The predicted molar refractivity (Wildman–Crippen MR) is 52.1 cm³/mol. The number of amides is 3. The van der Waals surface area contributed by atoms with E-state index in [-0.39, 0.29) is 19.0 Å². The lowest BCUT2D eigenvalue weighted by Gasteiger charge is -2.12. The molecule has 0 spiro atoms. The molecule has 0 fully saturated rings. The molecule has 0 aliphatic rings. The fourth-order valence-corrected chi connectivity index (χ4v) is 0.854. The van der Waals surface area contributed by atoms with E-state index in [1.807, 2.05) is 0 Å². The summed E-state index contributed by atoms with van der Waals surface area (Å²) in [5.74, 6) is -1.55. The molecule has 0 heterocycles. The zero-order valence-corrected chi connectivity index (χ0v) is 8.45. The monoisotopic (exact) mass is 217 g/mol. The van der Waals surface area contributed by atoms with Gasteiger partial charge in [0.05, 0.1) is 6.54 Å². The van der Waals surface area contributed by atoms with Gasteiger partial charge in [-0.3, -0.25) is 9.59 Å². The molecular weight excluding hydrogens is 202 g/mol. The molecule has 1 unspecified atom stereocenters. The summed E-state index contributed by atoms with van der Waals surface area (Å²) in [4.78, 5) is 31.5. The van der Waals surface area contributed by atoms with E-state index in [0.717, 1.165) is 0 Å². The van der Waals surface area contributed by atoms with Gasteiger partial charge in [0.15, 0.2) is 0 Å². The van der Waals surface area contributed by atoms with Gasteiger partial charge in [0.2, 0.25) is 5.91 Å². The molecule has 0 aliphatic heterocycles. The molecule has 15 heavy (non-hydrogen) atoms. The molecule has 0 saturated heterocycles. The summed E-state index contributed by atoms with van der Waals surface area (Å²) >= 11 is 0. The third kappa shape index (κ3) is 8.54. The highest BCUT2D eigenvalue weighted by molar-refractivity contribution is 5.82. The van der Waals surface area contributed by atoms with Crippen LogP contribution in [0.25, 0.3) is 0 Å². The second-order valence-electron chi connectivity index (χ2n) is 3.13. The van der Waals surface area contributed by atoms with E-state index in [2.05, 4.69) is 10.6 Å². The van der Waals surface area contributed by atoms with Crippen LogP contribution in [0, 0.1) is 0 Å². The van der Waals surface area contributed by atoms with Crippen LogP contribution >= 0.6 is 0 Å². The standard InChI is InChI=1S/C8H15N3O4/c1-5(2-3-7(13)14)11-8(15)10-4-6(9)12/h5H,2-4H2,1H3,(H2,9,12)(H,13,14)(H2,10,11,15). The van der Waals surface area contributed by atoms with Crippen LogP contribution in [-0.2, 0) is 9.59 Å². The molecule has 0 aliphatic carbocycles. The van der Waals surface area contributed by atoms with Crippen LogP contribution in [0.15, 0.2) is 0 Å². The highest BCUT2D eigenvalue weighted by atomic mass is 16.4. The van der Waals surface area contributed by atoms with Crippen molar-refractivity contribution in [3.8, 4) is 0 Å². The van der Waals surface area contributed by atoms with Gasteiger partial charge in [-0.1, -0.05) is 0 Å². The Morgan fingerprint density at radius 2 is 2.00 bits per heavy atom. The minimum absolute atomic E-state index is 0.0166. The van der Waals surface area contributed by atoms with Crippen molar-refractivity contribution in [3.05, 3.63) is 0 Å². The van der Waals surface area contributed by atoms with Crippen molar-refractivity contribution in [2.24, 2.45) is 5.73 Å². The molecule has 0 aromatic heterocycles. The number of aliphatic carboxylic acids is 1. The number of carboxylic acids is 1. The number of primary amides is 1. The van der Waals surface area contributed by atoms with Gasteiger partial charge in [0.1, 0.15) is 0 Å². The largest absolute Gasteiger partial charge is 0.481 e. The van der Waals surface area contributed by atoms with Gasteiger partial charge in [-0.05, 0) is 13.3 Å². The molecule has 0 bridgehead atoms. The number of nitrogens with one attached hydrogen (secondary N) is 2. The zero-order chi connectivity index (χ0) is 11.8. The third-order valence-electron chi connectivity index (χ3n) is 1.59. The second kappa shape index (κ2) is 6.63. The lowest BCUT2D eigenvalue weighted by Crippen LogP contribution is -2.44. The Kier molecular flexibility index (Phi) is 5.84. The van der Waals surface area contributed by atoms with Crippen LogP contribution in [0.4, 0.5) is 4.79 Å². The maximum absolute atomic E-state index is 11.0. The van der Waals surface area contributed by atoms with E-state index in [4.69, 9.17) is 10.8 Å². The first-order valence-corrected chi connectivity index (χ1v) is 4.46. The minimum Gasteiger partial charge on any atom is -0.481 e. The van der Waals surface area contributed by atoms with Crippen LogP contribution in [0.1, 0.15) is 19.8 Å². The van der Waals surface area contributed by atoms with Crippen LogP contribution in [-0.4, -0.2) is 35.6 Å². The van der Waals surface area contributed by atoms with Crippen molar-refractivity contribution in [2.75, 3.05) is 6.54 Å². The Morgan fingerprint density at radius 3 is 2.47 bits per heavy atom. The maximum atomic E-state index is 11.0. The van der Waals surface area contributed by atoms with Gasteiger partial charge in [-0.15, -0.1) is 0 Å². The van der Waals surface area contributed by atoms with Crippen molar-refractivity contribution < 1.29 is 19.5 Å². The smallest absolute Gasteiger partial charge is 0.315 e. The summed E-state index contributed by atoms with van der Waals surface area (Å²) in [5, 5.41) is 13.1. The van der Waals surface area contributed by atoms with Crippen molar-refractivity contribution >= 4 is 17.9 Å². The molecular formula is C8H15N3O4. The summed E-state index contributed by atoms with van der Waals surface area (Å²) in [6, 6.07) is -0.805. The highest BCUT2D eigenvalue weighted by Gasteiger charge is 2.08. The van der Waals surface area contributed by atoms with Crippen molar-refractivity contribution in [1.29, 1.82) is 0 Å². The Bertz CT molecular complexity index is 254. The minimum atomic E-state index is -0.916. The Hall–Kier alpha value is -1.79. The van der Waals surface area contributed by atoms with Gasteiger partial charge in [0.25, 0.3) is 0 Å². The summed E-state index contributed by atoms with van der Waals surface area (Å²) in [7, 11) is 0. The Labute approximate surface area is 87.0 Å². The van der Waals surface area contributed by atoms with Crippen LogP contribution in [0.3, 0.4) is 0 Å². The van der Waals surface area contributed by atoms with Crippen molar-refractivity contribution in [2.45, 2.75) is 25.8 Å². The van der Waals surface area contributed by atoms with E-state index in [1.54, 1.807) is 6.92 Å². The zero-order valence-electron chi connectivity index (χ0n) is 8.45. The van der Waals surface area contributed by atoms with E-state index in [1.165, 1.54) is 0 Å². The van der Waals surface area contributed by atoms with Gasteiger partial charge >= 0.3 is 12.0 Å². The molecule has 0 rings (SSSR count). The number of carboxylic acid groups (broad SMARTS) is 1. The normalized spacial score (nSPS) is 11.5. The van der Waals surface area contributed by atoms with E-state index < -0.39 is 17.9 Å². The lowest BCUT2D eigenvalue weighted by molar-refractivity contribution is -0.137. The second-order valence-corrected chi connectivity index (χ2v) is 3.13. The van der Waals surface area contributed by atoms with E-state index in [9.17, 15) is 14.4 Å².